The molecule has 1 N–H and O–H groups in total. The highest BCUT2D eigenvalue weighted by Crippen LogP contribution is 2.10. The Balaban J connectivity index is 1.96. The second-order valence-corrected chi connectivity index (χ2v) is 5.24. The van der Waals surface area contributed by atoms with Crippen LogP contribution >= 0.6 is 15.9 Å². The smallest absolute Gasteiger partial charge is 0.337 e. The molecule has 0 aliphatic rings. The second-order valence-electron chi connectivity index (χ2n) is 4.32. The van der Waals surface area contributed by atoms with Crippen LogP contribution in [0.5, 0.6) is 0 Å². The molecule has 22 heavy (non-hydrogen) atoms. The summed E-state index contributed by atoms with van der Waals surface area (Å²) in [6.07, 6.45) is 1.50. The summed E-state index contributed by atoms with van der Waals surface area (Å²) in [7, 11) is 1.33. The molecule has 0 bridgehead atoms. The predicted molar refractivity (Wildman–Crippen MR) is 87.0 cm³/mol. The summed E-state index contributed by atoms with van der Waals surface area (Å²) in [4.78, 5) is 23.1. The number of amides is 1. The molecule has 6 heteroatoms. The van der Waals surface area contributed by atoms with Crippen molar-refractivity contribution < 1.29 is 14.3 Å². The number of benzene rings is 2. The van der Waals surface area contributed by atoms with Crippen LogP contribution in [-0.2, 0) is 4.74 Å². The largest absolute Gasteiger partial charge is 0.465 e. The van der Waals surface area contributed by atoms with Gasteiger partial charge < -0.3 is 4.74 Å². The average Bonchev–Trinajstić information content (AvgIpc) is 2.55. The van der Waals surface area contributed by atoms with Gasteiger partial charge in [-0.2, -0.15) is 5.10 Å². The van der Waals surface area contributed by atoms with Gasteiger partial charge >= 0.3 is 5.97 Å². The molecule has 112 valence electrons. The van der Waals surface area contributed by atoms with E-state index in [0.717, 1.165) is 10.0 Å². The van der Waals surface area contributed by atoms with Gasteiger partial charge in [0.1, 0.15) is 0 Å². The molecule has 0 saturated carbocycles. The first-order valence-corrected chi connectivity index (χ1v) is 7.17. The van der Waals surface area contributed by atoms with E-state index in [4.69, 9.17) is 0 Å². The molecule has 0 aliphatic carbocycles. The van der Waals surface area contributed by atoms with Gasteiger partial charge in [0.05, 0.1) is 18.9 Å². The van der Waals surface area contributed by atoms with Gasteiger partial charge in [-0.05, 0) is 42.0 Å². The fraction of sp³-hybridized carbons (Fsp3) is 0.0625. The van der Waals surface area contributed by atoms with Crippen molar-refractivity contribution in [1.29, 1.82) is 0 Å². The SMILES string of the molecule is COC(=O)c1ccc(/C=N\NC(=O)c2ccc(Br)cc2)cc1. The summed E-state index contributed by atoms with van der Waals surface area (Å²) in [5.41, 5.74) is 4.16. The van der Waals surface area contributed by atoms with Gasteiger partial charge in [-0.1, -0.05) is 28.1 Å². The minimum Gasteiger partial charge on any atom is -0.465 e. The standard InChI is InChI=1S/C16H13BrN2O3/c1-22-16(21)13-4-2-11(3-5-13)10-18-19-15(20)12-6-8-14(17)9-7-12/h2-10H,1H3,(H,19,20)/b18-10-. The number of hydrogen-bond donors (Lipinski definition) is 1. The number of ether oxygens (including phenoxy) is 1. The minimum atomic E-state index is -0.396. The number of carbonyl (C=O) groups excluding carboxylic acids is 2. The van der Waals surface area contributed by atoms with Crippen molar-refractivity contribution >= 4 is 34.0 Å². The summed E-state index contributed by atoms with van der Waals surface area (Å²) in [5, 5.41) is 3.88. The third kappa shape index (κ3) is 4.26. The Morgan fingerprint density at radius 1 is 1.05 bits per heavy atom. The molecule has 0 atom stereocenters. The maximum Gasteiger partial charge on any atom is 0.337 e. The zero-order chi connectivity index (χ0) is 15.9. The Morgan fingerprint density at radius 3 is 2.23 bits per heavy atom. The lowest BCUT2D eigenvalue weighted by molar-refractivity contribution is 0.0600. The maximum atomic E-state index is 11.8. The molecule has 2 aromatic carbocycles. The van der Waals surface area contributed by atoms with E-state index in [1.54, 1.807) is 48.5 Å². The Morgan fingerprint density at radius 2 is 1.64 bits per heavy atom. The van der Waals surface area contributed by atoms with Crippen LogP contribution in [0.4, 0.5) is 0 Å². The molecule has 2 aromatic rings. The van der Waals surface area contributed by atoms with Crippen LogP contribution in [0, 0.1) is 0 Å². The normalized spacial score (nSPS) is 10.5. The van der Waals surface area contributed by atoms with Gasteiger partial charge in [0.15, 0.2) is 0 Å². The van der Waals surface area contributed by atoms with Crippen LogP contribution in [0.3, 0.4) is 0 Å². The Kier molecular flexibility index (Phi) is 5.43. The lowest BCUT2D eigenvalue weighted by atomic mass is 10.1. The van der Waals surface area contributed by atoms with Crippen LogP contribution < -0.4 is 5.43 Å². The van der Waals surface area contributed by atoms with E-state index in [-0.39, 0.29) is 5.91 Å². The van der Waals surface area contributed by atoms with Gasteiger partial charge in [-0.3, -0.25) is 4.79 Å². The van der Waals surface area contributed by atoms with E-state index in [2.05, 4.69) is 31.2 Å². The zero-order valence-corrected chi connectivity index (χ0v) is 13.3. The first kappa shape index (κ1) is 15.9. The van der Waals surface area contributed by atoms with Crippen molar-refractivity contribution in [3.05, 3.63) is 69.7 Å². The maximum absolute atomic E-state index is 11.8. The van der Waals surface area contributed by atoms with Crippen LogP contribution in [0.2, 0.25) is 0 Å². The Labute approximate surface area is 136 Å². The summed E-state index contributed by atoms with van der Waals surface area (Å²) in [6.45, 7) is 0. The van der Waals surface area contributed by atoms with Crippen molar-refractivity contribution in [1.82, 2.24) is 5.43 Å². The predicted octanol–water partition coefficient (Wildman–Crippen LogP) is 3.00. The summed E-state index contributed by atoms with van der Waals surface area (Å²) < 4.78 is 5.51. The topological polar surface area (TPSA) is 67.8 Å². The molecular formula is C16H13BrN2O3. The van der Waals surface area contributed by atoms with E-state index in [9.17, 15) is 9.59 Å². The molecule has 0 aliphatic heterocycles. The second kappa shape index (κ2) is 7.51. The van der Waals surface area contributed by atoms with Crippen molar-refractivity contribution in [3.63, 3.8) is 0 Å². The van der Waals surface area contributed by atoms with Gasteiger partial charge in [-0.15, -0.1) is 0 Å². The number of methoxy groups -OCH3 is 1. The molecule has 0 spiro atoms. The molecule has 0 aromatic heterocycles. The molecule has 2 rings (SSSR count). The number of nitrogens with zero attached hydrogens (tertiary/aromatic N) is 1. The number of nitrogens with one attached hydrogen (secondary N) is 1. The molecular weight excluding hydrogens is 348 g/mol. The first-order chi connectivity index (χ1) is 10.6. The van der Waals surface area contributed by atoms with E-state index >= 15 is 0 Å². The summed E-state index contributed by atoms with van der Waals surface area (Å²) in [6, 6.07) is 13.6. The number of rotatable bonds is 4. The molecule has 1 amide bonds. The van der Waals surface area contributed by atoms with E-state index in [0.29, 0.717) is 11.1 Å². The van der Waals surface area contributed by atoms with Crippen LogP contribution in [-0.4, -0.2) is 25.2 Å². The van der Waals surface area contributed by atoms with E-state index < -0.39 is 5.97 Å². The summed E-state index contributed by atoms with van der Waals surface area (Å²) in [5.74, 6) is -0.693. The van der Waals surface area contributed by atoms with E-state index in [1.165, 1.54) is 13.3 Å². The highest BCUT2D eigenvalue weighted by Gasteiger charge is 2.04. The highest BCUT2D eigenvalue weighted by atomic mass is 79.9. The molecule has 0 saturated heterocycles. The van der Waals surface area contributed by atoms with Gasteiger partial charge in [0.2, 0.25) is 0 Å². The van der Waals surface area contributed by atoms with E-state index in [1.807, 2.05) is 0 Å². The molecule has 5 nitrogen and oxygen atoms in total. The molecule has 0 heterocycles. The number of esters is 1. The molecule has 0 radical (unpaired) electrons. The van der Waals surface area contributed by atoms with Crippen molar-refractivity contribution in [2.75, 3.05) is 7.11 Å². The van der Waals surface area contributed by atoms with Crippen LogP contribution in [0.15, 0.2) is 58.1 Å². The fourth-order valence-corrected chi connectivity index (χ4v) is 1.92. The highest BCUT2D eigenvalue weighted by molar-refractivity contribution is 9.10. The quantitative estimate of drug-likeness (QED) is 0.517. The fourth-order valence-electron chi connectivity index (χ4n) is 1.65. The lowest BCUT2D eigenvalue weighted by Gasteiger charge is -2.01. The third-order valence-electron chi connectivity index (χ3n) is 2.82. The zero-order valence-electron chi connectivity index (χ0n) is 11.7. The Hall–Kier alpha value is -2.47. The van der Waals surface area contributed by atoms with Crippen LogP contribution in [0.25, 0.3) is 0 Å². The monoisotopic (exact) mass is 360 g/mol. The number of carbonyl (C=O) groups is 2. The van der Waals surface area contributed by atoms with Crippen LogP contribution in [0.1, 0.15) is 26.3 Å². The average molecular weight is 361 g/mol. The van der Waals surface area contributed by atoms with Crippen molar-refractivity contribution in [2.45, 2.75) is 0 Å². The third-order valence-corrected chi connectivity index (χ3v) is 3.35. The number of halogens is 1. The van der Waals surface area contributed by atoms with Crippen molar-refractivity contribution in [3.8, 4) is 0 Å². The Bertz CT molecular complexity index is 694. The minimum absolute atomic E-state index is 0.296. The number of hydrazone groups is 1. The van der Waals surface area contributed by atoms with Gasteiger partial charge in [-0.25, -0.2) is 10.2 Å². The number of hydrogen-bond acceptors (Lipinski definition) is 4. The summed E-state index contributed by atoms with van der Waals surface area (Å²) >= 11 is 3.30. The van der Waals surface area contributed by atoms with Gasteiger partial charge in [0.25, 0.3) is 5.91 Å². The molecule has 0 unspecified atom stereocenters. The first-order valence-electron chi connectivity index (χ1n) is 6.37. The lowest BCUT2D eigenvalue weighted by Crippen LogP contribution is -2.17. The van der Waals surface area contributed by atoms with Gasteiger partial charge in [0, 0.05) is 10.0 Å². The molecule has 0 fully saturated rings. The van der Waals surface area contributed by atoms with Crippen molar-refractivity contribution in [2.24, 2.45) is 5.10 Å².